The third-order valence-corrected chi connectivity index (χ3v) is 5.40. The largest absolute Gasteiger partial charge is 0.416 e. The monoisotopic (exact) mass is 416 g/mol. The van der Waals surface area contributed by atoms with E-state index < -0.39 is 11.7 Å². The molecule has 1 aliphatic rings. The molecule has 1 aromatic heterocycles. The summed E-state index contributed by atoms with van der Waals surface area (Å²) in [5.41, 5.74) is 1.43. The average molecular weight is 416 g/mol. The molecule has 158 valence electrons. The standard InChI is InChI=1S/C22H23F3N4O/c23-22(24,25)17-5-3-6-18(15-17)29-12-10-28(11-13-29)9-8-26-21(30)20-14-16-4-1-2-7-19(16)27-20/h1-7,14-15,27H,8-13H2,(H,26,30). The highest BCUT2D eigenvalue weighted by molar-refractivity contribution is 5.97. The number of hydrogen-bond acceptors (Lipinski definition) is 3. The summed E-state index contributed by atoms with van der Waals surface area (Å²) < 4.78 is 38.8. The number of amides is 1. The van der Waals surface area contributed by atoms with Crippen LogP contribution < -0.4 is 10.2 Å². The molecule has 0 radical (unpaired) electrons. The number of alkyl halides is 3. The molecule has 0 aliphatic carbocycles. The fraction of sp³-hybridized carbons (Fsp3) is 0.318. The van der Waals surface area contributed by atoms with Gasteiger partial charge in [0.1, 0.15) is 5.69 Å². The highest BCUT2D eigenvalue weighted by atomic mass is 19.4. The van der Waals surface area contributed by atoms with Crippen LogP contribution in [0.3, 0.4) is 0 Å². The van der Waals surface area contributed by atoms with Crippen molar-refractivity contribution < 1.29 is 18.0 Å². The zero-order valence-corrected chi connectivity index (χ0v) is 16.4. The molecule has 2 N–H and O–H groups in total. The summed E-state index contributed by atoms with van der Waals surface area (Å²) in [7, 11) is 0. The molecule has 4 rings (SSSR count). The summed E-state index contributed by atoms with van der Waals surface area (Å²) >= 11 is 0. The van der Waals surface area contributed by atoms with Crippen molar-refractivity contribution >= 4 is 22.5 Å². The Morgan fingerprint density at radius 3 is 2.50 bits per heavy atom. The van der Waals surface area contributed by atoms with Crippen molar-refractivity contribution in [2.75, 3.05) is 44.2 Å². The van der Waals surface area contributed by atoms with E-state index in [1.165, 1.54) is 12.1 Å². The van der Waals surface area contributed by atoms with E-state index in [1.807, 2.05) is 35.2 Å². The van der Waals surface area contributed by atoms with Crippen molar-refractivity contribution in [3.63, 3.8) is 0 Å². The van der Waals surface area contributed by atoms with Crippen molar-refractivity contribution in [2.45, 2.75) is 6.18 Å². The van der Waals surface area contributed by atoms with Gasteiger partial charge < -0.3 is 15.2 Å². The van der Waals surface area contributed by atoms with Crippen LogP contribution in [-0.2, 0) is 6.18 Å². The number of hydrogen-bond donors (Lipinski definition) is 2. The van der Waals surface area contributed by atoms with E-state index in [9.17, 15) is 18.0 Å². The van der Waals surface area contributed by atoms with Gasteiger partial charge in [0.2, 0.25) is 0 Å². The Hall–Kier alpha value is -3.00. The summed E-state index contributed by atoms with van der Waals surface area (Å²) in [6.07, 6.45) is -4.33. The molecule has 2 heterocycles. The maximum atomic E-state index is 12.9. The number of H-pyrrole nitrogens is 1. The van der Waals surface area contributed by atoms with Crippen LogP contribution in [0.1, 0.15) is 16.1 Å². The van der Waals surface area contributed by atoms with Crippen molar-refractivity contribution in [2.24, 2.45) is 0 Å². The lowest BCUT2D eigenvalue weighted by atomic mass is 10.1. The Morgan fingerprint density at radius 1 is 1.00 bits per heavy atom. The smallest absolute Gasteiger partial charge is 0.369 e. The predicted molar refractivity (Wildman–Crippen MR) is 111 cm³/mol. The van der Waals surface area contributed by atoms with Crippen LogP contribution >= 0.6 is 0 Å². The van der Waals surface area contributed by atoms with E-state index in [2.05, 4.69) is 15.2 Å². The lowest BCUT2D eigenvalue weighted by molar-refractivity contribution is -0.137. The van der Waals surface area contributed by atoms with Crippen LogP contribution in [0.15, 0.2) is 54.6 Å². The van der Waals surface area contributed by atoms with Crippen LogP contribution in [0.4, 0.5) is 18.9 Å². The molecule has 0 unspecified atom stereocenters. The summed E-state index contributed by atoms with van der Waals surface area (Å²) in [6, 6.07) is 15.0. The van der Waals surface area contributed by atoms with Crippen LogP contribution in [0.5, 0.6) is 0 Å². The molecule has 0 saturated carbocycles. The molecule has 1 fully saturated rings. The van der Waals surface area contributed by atoms with Gasteiger partial charge in [-0.05, 0) is 30.3 Å². The molecular weight excluding hydrogens is 393 g/mol. The van der Waals surface area contributed by atoms with E-state index in [4.69, 9.17) is 0 Å². The minimum absolute atomic E-state index is 0.145. The lowest BCUT2D eigenvalue weighted by Gasteiger charge is -2.36. The van der Waals surface area contributed by atoms with Gasteiger partial charge in [0, 0.05) is 55.9 Å². The van der Waals surface area contributed by atoms with E-state index in [1.54, 1.807) is 6.07 Å². The first-order valence-corrected chi connectivity index (χ1v) is 9.91. The molecule has 0 bridgehead atoms. The number of anilines is 1. The summed E-state index contributed by atoms with van der Waals surface area (Å²) in [6.45, 7) is 3.98. The van der Waals surface area contributed by atoms with Gasteiger partial charge in [0.15, 0.2) is 0 Å². The van der Waals surface area contributed by atoms with Crippen molar-refractivity contribution in [3.05, 3.63) is 65.9 Å². The van der Waals surface area contributed by atoms with E-state index in [0.717, 1.165) is 30.1 Å². The van der Waals surface area contributed by atoms with Crippen molar-refractivity contribution in [1.82, 2.24) is 15.2 Å². The molecule has 1 aliphatic heterocycles. The number of rotatable bonds is 5. The Balaban J connectivity index is 1.25. The second-order valence-electron chi connectivity index (χ2n) is 7.40. The highest BCUT2D eigenvalue weighted by Crippen LogP contribution is 2.31. The fourth-order valence-corrected chi connectivity index (χ4v) is 3.73. The first kappa shape index (κ1) is 20.3. The van der Waals surface area contributed by atoms with Gasteiger partial charge in [-0.25, -0.2) is 0 Å². The number of benzene rings is 2. The Labute approximate surface area is 172 Å². The maximum Gasteiger partial charge on any atom is 0.416 e. The number of carbonyl (C=O) groups excluding carboxylic acids is 1. The number of aromatic amines is 1. The molecular formula is C22H23F3N4O. The van der Waals surface area contributed by atoms with Crippen LogP contribution in [0.25, 0.3) is 10.9 Å². The second-order valence-corrected chi connectivity index (χ2v) is 7.40. The molecule has 1 amide bonds. The van der Waals surface area contributed by atoms with Gasteiger partial charge in [-0.2, -0.15) is 13.2 Å². The zero-order chi connectivity index (χ0) is 21.1. The van der Waals surface area contributed by atoms with Crippen LogP contribution in [-0.4, -0.2) is 55.1 Å². The van der Waals surface area contributed by atoms with Gasteiger partial charge in [-0.1, -0.05) is 24.3 Å². The van der Waals surface area contributed by atoms with E-state index >= 15 is 0 Å². The second kappa shape index (κ2) is 8.39. The maximum absolute atomic E-state index is 12.9. The molecule has 0 spiro atoms. The fourth-order valence-electron chi connectivity index (χ4n) is 3.73. The summed E-state index contributed by atoms with van der Waals surface area (Å²) in [4.78, 5) is 19.6. The SMILES string of the molecule is O=C(NCCN1CCN(c2cccc(C(F)(F)F)c2)CC1)c1cc2ccccc2[nH]1. The Bertz CT molecular complexity index is 989. The summed E-state index contributed by atoms with van der Waals surface area (Å²) in [5, 5.41) is 3.92. The van der Waals surface area contributed by atoms with E-state index in [-0.39, 0.29) is 5.91 Å². The topological polar surface area (TPSA) is 51.4 Å². The number of carbonyl (C=O) groups is 1. The first-order chi connectivity index (χ1) is 14.4. The van der Waals surface area contributed by atoms with Crippen molar-refractivity contribution in [1.29, 1.82) is 0 Å². The van der Waals surface area contributed by atoms with Gasteiger partial charge in [0.25, 0.3) is 5.91 Å². The Kier molecular flexibility index (Phi) is 5.67. The van der Waals surface area contributed by atoms with Crippen molar-refractivity contribution in [3.8, 4) is 0 Å². The predicted octanol–water partition coefficient (Wildman–Crippen LogP) is 3.74. The third kappa shape index (κ3) is 4.59. The number of piperazine rings is 1. The molecule has 2 aromatic carbocycles. The number of para-hydroxylation sites is 1. The molecule has 0 atom stereocenters. The third-order valence-electron chi connectivity index (χ3n) is 5.40. The Morgan fingerprint density at radius 2 is 1.77 bits per heavy atom. The van der Waals surface area contributed by atoms with Crippen LogP contribution in [0, 0.1) is 0 Å². The molecule has 1 saturated heterocycles. The molecule has 5 nitrogen and oxygen atoms in total. The van der Waals surface area contributed by atoms with Gasteiger partial charge >= 0.3 is 6.18 Å². The molecule has 8 heteroatoms. The number of fused-ring (bicyclic) bond motifs is 1. The normalized spacial score (nSPS) is 15.5. The number of nitrogens with one attached hydrogen (secondary N) is 2. The minimum Gasteiger partial charge on any atom is -0.369 e. The van der Waals surface area contributed by atoms with Gasteiger partial charge in [-0.3, -0.25) is 9.69 Å². The van der Waals surface area contributed by atoms with Gasteiger partial charge in [0.05, 0.1) is 5.56 Å². The quantitative estimate of drug-likeness (QED) is 0.666. The highest BCUT2D eigenvalue weighted by Gasteiger charge is 2.31. The number of nitrogens with zero attached hydrogens (tertiary/aromatic N) is 2. The summed E-state index contributed by atoms with van der Waals surface area (Å²) in [5.74, 6) is -0.145. The molecule has 30 heavy (non-hydrogen) atoms. The number of halogens is 3. The van der Waals surface area contributed by atoms with Crippen LogP contribution in [0.2, 0.25) is 0 Å². The average Bonchev–Trinajstić information content (AvgIpc) is 3.18. The number of aromatic nitrogens is 1. The lowest BCUT2D eigenvalue weighted by Crippen LogP contribution is -2.48. The molecule has 3 aromatic rings. The minimum atomic E-state index is -4.33. The van der Waals surface area contributed by atoms with Gasteiger partial charge in [-0.15, -0.1) is 0 Å². The van der Waals surface area contributed by atoms with E-state index in [0.29, 0.717) is 37.6 Å². The first-order valence-electron chi connectivity index (χ1n) is 9.91. The zero-order valence-electron chi connectivity index (χ0n) is 16.4.